The summed E-state index contributed by atoms with van der Waals surface area (Å²) in [4.78, 5) is 15.8. The minimum atomic E-state index is -0.546. The van der Waals surface area contributed by atoms with Gasteiger partial charge in [0.2, 0.25) is 5.88 Å². The number of anilines is 1. The maximum atomic E-state index is 11.5. The number of benzene rings is 1. The van der Waals surface area contributed by atoms with Crippen LogP contribution in [0.15, 0.2) is 30.3 Å². The Morgan fingerprint density at radius 3 is 3.00 bits per heavy atom. The number of amides is 1. The number of aromatic nitrogens is 1. The minimum Gasteiger partial charge on any atom is -0.436 e. The topological polar surface area (TPSA) is 77.2 Å². The molecule has 0 atom stereocenters. The van der Waals surface area contributed by atoms with Gasteiger partial charge in [-0.1, -0.05) is 12.1 Å². The first-order valence-corrected chi connectivity index (χ1v) is 6.96. The second-order valence-electron chi connectivity index (χ2n) is 5.09. The van der Waals surface area contributed by atoms with Crippen LogP contribution in [0.2, 0.25) is 0 Å². The average molecular weight is 283 g/mol. The van der Waals surface area contributed by atoms with Crippen molar-refractivity contribution in [3.8, 4) is 11.6 Å². The molecule has 0 fully saturated rings. The van der Waals surface area contributed by atoms with Gasteiger partial charge in [-0.3, -0.25) is 4.79 Å². The first-order chi connectivity index (χ1) is 10.1. The highest BCUT2D eigenvalue weighted by molar-refractivity contribution is 5.95. The predicted molar refractivity (Wildman–Crippen MR) is 80.8 cm³/mol. The normalized spacial score (nSPS) is 13.2. The lowest BCUT2D eigenvalue weighted by Crippen LogP contribution is -2.15. The lowest BCUT2D eigenvalue weighted by atomic mass is 10.0. The van der Waals surface area contributed by atoms with Crippen LogP contribution < -0.4 is 15.8 Å². The van der Waals surface area contributed by atoms with Crippen molar-refractivity contribution in [2.45, 2.75) is 19.8 Å². The molecule has 1 aromatic carbocycles. The number of nitrogens with one attached hydrogen (secondary N) is 1. The molecule has 3 N–H and O–H groups in total. The van der Waals surface area contributed by atoms with E-state index in [2.05, 4.69) is 16.4 Å². The van der Waals surface area contributed by atoms with Gasteiger partial charge in [0.25, 0.3) is 5.91 Å². The van der Waals surface area contributed by atoms with Crippen molar-refractivity contribution < 1.29 is 9.53 Å². The number of rotatable bonds is 3. The Hall–Kier alpha value is -2.56. The van der Waals surface area contributed by atoms with E-state index in [1.807, 2.05) is 19.1 Å². The highest BCUT2D eigenvalue weighted by Crippen LogP contribution is 2.35. The van der Waals surface area contributed by atoms with E-state index < -0.39 is 5.91 Å². The Morgan fingerprint density at radius 2 is 2.19 bits per heavy atom. The zero-order valence-electron chi connectivity index (χ0n) is 11.8. The molecule has 5 heteroatoms. The molecular formula is C16H17N3O2. The zero-order chi connectivity index (χ0) is 14.8. The lowest BCUT2D eigenvalue weighted by molar-refractivity contribution is 0.0997. The van der Waals surface area contributed by atoms with Crippen molar-refractivity contribution in [3.63, 3.8) is 0 Å². The van der Waals surface area contributed by atoms with E-state index in [4.69, 9.17) is 10.5 Å². The van der Waals surface area contributed by atoms with Crippen molar-refractivity contribution in [2.75, 3.05) is 11.9 Å². The van der Waals surface area contributed by atoms with Gasteiger partial charge in [-0.15, -0.1) is 0 Å². The Labute approximate surface area is 123 Å². The highest BCUT2D eigenvalue weighted by Gasteiger charge is 2.17. The number of fused-ring (bicyclic) bond motifs is 1. The molecule has 0 unspecified atom stereocenters. The number of para-hydroxylation sites is 1. The number of carbonyl (C=O) groups is 1. The van der Waals surface area contributed by atoms with Crippen molar-refractivity contribution in [2.24, 2.45) is 5.73 Å². The van der Waals surface area contributed by atoms with Gasteiger partial charge in [-0.2, -0.15) is 0 Å². The van der Waals surface area contributed by atoms with Crippen LogP contribution in [-0.4, -0.2) is 17.4 Å². The highest BCUT2D eigenvalue weighted by atomic mass is 16.5. The molecule has 5 nitrogen and oxygen atoms in total. The predicted octanol–water partition coefficient (Wildman–Crippen LogP) is 2.64. The Bertz CT molecular complexity index is 698. The summed E-state index contributed by atoms with van der Waals surface area (Å²) >= 11 is 0. The van der Waals surface area contributed by atoms with Crippen LogP contribution in [0.25, 0.3) is 0 Å². The molecule has 3 rings (SSSR count). The number of primary amides is 1. The fourth-order valence-electron chi connectivity index (χ4n) is 2.47. The second-order valence-corrected chi connectivity index (χ2v) is 5.09. The van der Waals surface area contributed by atoms with Gasteiger partial charge in [0.05, 0.1) is 5.69 Å². The van der Waals surface area contributed by atoms with Crippen LogP contribution in [0.5, 0.6) is 11.6 Å². The van der Waals surface area contributed by atoms with Crippen molar-refractivity contribution in [1.29, 1.82) is 0 Å². The van der Waals surface area contributed by atoms with Gasteiger partial charge >= 0.3 is 0 Å². The van der Waals surface area contributed by atoms with Crippen molar-refractivity contribution in [1.82, 2.24) is 4.98 Å². The number of nitrogens with two attached hydrogens (primary N) is 1. The van der Waals surface area contributed by atoms with E-state index in [-0.39, 0.29) is 11.4 Å². The van der Waals surface area contributed by atoms with E-state index in [0.717, 1.165) is 30.8 Å². The summed E-state index contributed by atoms with van der Waals surface area (Å²) in [5.74, 6) is 0.381. The summed E-state index contributed by atoms with van der Waals surface area (Å²) in [5, 5.41) is 3.35. The van der Waals surface area contributed by atoms with Gasteiger partial charge in [-0.05, 0) is 43.5 Å². The van der Waals surface area contributed by atoms with Crippen LogP contribution >= 0.6 is 0 Å². The Balaban J connectivity index is 2.01. The summed E-state index contributed by atoms with van der Waals surface area (Å²) in [6.45, 7) is 2.76. The quantitative estimate of drug-likeness (QED) is 0.907. The second kappa shape index (κ2) is 5.44. The first kappa shape index (κ1) is 13.4. The third kappa shape index (κ3) is 2.67. The maximum absolute atomic E-state index is 11.5. The molecule has 0 bridgehead atoms. The smallest absolute Gasteiger partial charge is 0.254 e. The SMILES string of the molecule is Cc1ccc(C(N)=O)c(Oc2cccc3c2NCCC3)n1. The van der Waals surface area contributed by atoms with Crippen molar-refractivity contribution >= 4 is 11.6 Å². The van der Waals surface area contributed by atoms with E-state index in [9.17, 15) is 4.79 Å². The molecule has 0 radical (unpaired) electrons. The molecule has 0 spiro atoms. The summed E-state index contributed by atoms with van der Waals surface area (Å²) in [7, 11) is 0. The number of ether oxygens (including phenoxy) is 1. The number of hydrogen-bond acceptors (Lipinski definition) is 4. The molecule has 108 valence electrons. The number of carbonyl (C=O) groups excluding carboxylic acids is 1. The minimum absolute atomic E-state index is 0.253. The van der Waals surface area contributed by atoms with Gasteiger partial charge in [0.15, 0.2) is 5.75 Å². The molecule has 0 saturated carbocycles. The maximum Gasteiger partial charge on any atom is 0.254 e. The van der Waals surface area contributed by atoms with Crippen LogP contribution in [0.1, 0.15) is 28.0 Å². The zero-order valence-corrected chi connectivity index (χ0v) is 11.8. The third-order valence-corrected chi connectivity index (χ3v) is 3.51. The molecule has 2 aromatic rings. The first-order valence-electron chi connectivity index (χ1n) is 6.96. The van der Waals surface area contributed by atoms with Gasteiger partial charge < -0.3 is 15.8 Å². The molecule has 1 aromatic heterocycles. The van der Waals surface area contributed by atoms with Crippen molar-refractivity contribution in [3.05, 3.63) is 47.2 Å². The molecule has 2 heterocycles. The Kier molecular flexibility index (Phi) is 3.48. The standard InChI is InChI=1S/C16H17N3O2/c1-10-7-8-12(15(17)20)16(19-10)21-13-6-2-4-11-5-3-9-18-14(11)13/h2,4,6-8,18H,3,5,9H2,1H3,(H2,17,20). The molecule has 1 aliphatic heterocycles. The summed E-state index contributed by atoms with van der Waals surface area (Å²) in [5.41, 5.74) is 8.63. The molecule has 1 aliphatic rings. The van der Waals surface area contributed by atoms with E-state index in [1.165, 1.54) is 5.56 Å². The summed E-state index contributed by atoms with van der Waals surface area (Å²) in [6.07, 6.45) is 2.12. The fraction of sp³-hybridized carbons (Fsp3) is 0.250. The van der Waals surface area contributed by atoms with Gasteiger partial charge in [0.1, 0.15) is 5.56 Å². The van der Waals surface area contributed by atoms with Crippen LogP contribution in [0.3, 0.4) is 0 Å². The summed E-state index contributed by atoms with van der Waals surface area (Å²) < 4.78 is 5.88. The van der Waals surface area contributed by atoms with Crippen LogP contribution in [0, 0.1) is 6.92 Å². The largest absolute Gasteiger partial charge is 0.436 e. The van der Waals surface area contributed by atoms with E-state index in [1.54, 1.807) is 12.1 Å². The molecule has 21 heavy (non-hydrogen) atoms. The van der Waals surface area contributed by atoms with Gasteiger partial charge in [-0.25, -0.2) is 4.98 Å². The number of aryl methyl sites for hydroxylation is 2. The van der Waals surface area contributed by atoms with E-state index in [0.29, 0.717) is 5.75 Å². The lowest BCUT2D eigenvalue weighted by Gasteiger charge is -2.21. The summed E-state index contributed by atoms with van der Waals surface area (Å²) in [6, 6.07) is 9.27. The number of pyridine rings is 1. The fourth-order valence-corrected chi connectivity index (χ4v) is 2.47. The van der Waals surface area contributed by atoms with Gasteiger partial charge in [0, 0.05) is 12.2 Å². The molecule has 0 saturated heterocycles. The van der Waals surface area contributed by atoms with Crippen LogP contribution in [-0.2, 0) is 6.42 Å². The van der Waals surface area contributed by atoms with E-state index >= 15 is 0 Å². The average Bonchev–Trinajstić information content (AvgIpc) is 2.47. The monoisotopic (exact) mass is 283 g/mol. The van der Waals surface area contributed by atoms with Crippen LogP contribution in [0.4, 0.5) is 5.69 Å². The Morgan fingerprint density at radius 1 is 1.33 bits per heavy atom. The molecular weight excluding hydrogens is 266 g/mol. The molecule has 0 aliphatic carbocycles. The third-order valence-electron chi connectivity index (χ3n) is 3.51. The number of hydrogen-bond donors (Lipinski definition) is 2. The molecule has 1 amide bonds. The number of nitrogens with zero attached hydrogens (tertiary/aromatic N) is 1.